The second-order valence-electron chi connectivity index (χ2n) is 11.7. The van der Waals surface area contributed by atoms with Crippen molar-refractivity contribution >= 4 is 11.9 Å². The van der Waals surface area contributed by atoms with Gasteiger partial charge in [-0.1, -0.05) is 67.0 Å². The summed E-state index contributed by atoms with van der Waals surface area (Å²) in [6, 6.07) is 5.83. The van der Waals surface area contributed by atoms with E-state index in [0.29, 0.717) is 37.2 Å². The molecule has 0 saturated carbocycles. The van der Waals surface area contributed by atoms with Crippen LogP contribution in [0.4, 0.5) is 0 Å². The smallest absolute Gasteiger partial charge is 0.344 e. The Balaban J connectivity index is 2.91. The lowest BCUT2D eigenvalue weighted by Gasteiger charge is -2.29. The number of carbonyl (C=O) groups is 2. The van der Waals surface area contributed by atoms with Gasteiger partial charge in [0, 0.05) is 24.5 Å². The zero-order valence-electron chi connectivity index (χ0n) is 24.6. The molecule has 7 heteroatoms. The minimum absolute atomic E-state index is 0.0470. The lowest BCUT2D eigenvalue weighted by molar-refractivity contribution is -0.145. The lowest BCUT2D eigenvalue weighted by atomic mass is 9.80. The van der Waals surface area contributed by atoms with Crippen LogP contribution >= 0.6 is 0 Å². The fourth-order valence-corrected chi connectivity index (χ4v) is 4.44. The molecule has 1 aromatic rings. The van der Waals surface area contributed by atoms with Gasteiger partial charge in [0.2, 0.25) is 5.91 Å². The van der Waals surface area contributed by atoms with E-state index in [1.807, 2.05) is 13.0 Å². The van der Waals surface area contributed by atoms with Gasteiger partial charge in [0.1, 0.15) is 5.75 Å². The van der Waals surface area contributed by atoms with E-state index in [1.54, 1.807) is 6.92 Å². The Labute approximate surface area is 225 Å². The van der Waals surface area contributed by atoms with E-state index in [-0.39, 0.29) is 41.9 Å². The van der Waals surface area contributed by atoms with Crippen LogP contribution in [-0.2, 0) is 26.2 Å². The predicted molar refractivity (Wildman–Crippen MR) is 152 cm³/mol. The first-order valence-corrected chi connectivity index (χ1v) is 14.0. The Morgan fingerprint density at radius 1 is 1.03 bits per heavy atom. The topological polar surface area (TPSA) is 117 Å². The molecule has 0 aromatic heterocycles. The van der Waals surface area contributed by atoms with Crippen molar-refractivity contribution in [3.63, 3.8) is 0 Å². The molecule has 0 aliphatic rings. The summed E-state index contributed by atoms with van der Waals surface area (Å²) >= 11 is 0. The lowest BCUT2D eigenvalue weighted by Crippen LogP contribution is -2.46. The van der Waals surface area contributed by atoms with Crippen molar-refractivity contribution in [3.8, 4) is 5.75 Å². The molecule has 4 unspecified atom stereocenters. The van der Waals surface area contributed by atoms with E-state index >= 15 is 0 Å². The molecule has 0 heterocycles. The van der Waals surface area contributed by atoms with Crippen molar-refractivity contribution < 1.29 is 19.1 Å². The van der Waals surface area contributed by atoms with Gasteiger partial charge in [-0.15, -0.1) is 0 Å². The average molecular weight is 520 g/mol. The van der Waals surface area contributed by atoms with Crippen LogP contribution in [0.5, 0.6) is 5.75 Å². The molecule has 0 bridgehead atoms. The molecule has 0 aliphatic heterocycles. The maximum atomic E-state index is 12.4. The van der Waals surface area contributed by atoms with Crippen LogP contribution in [0.25, 0.3) is 0 Å². The maximum absolute atomic E-state index is 12.4. The molecule has 0 aliphatic carbocycles. The van der Waals surface area contributed by atoms with Crippen molar-refractivity contribution in [1.29, 1.82) is 0 Å². The number of hydrogen-bond donors (Lipinski definition) is 3. The average Bonchev–Trinajstić information content (AvgIpc) is 2.81. The SMILES string of the molecule is CCCCNC(=O)C(C)CC(N)C(N)CC(Cc1ccc(C(C)(C)C)c(OCC(=O)OCC)c1)C(C)C. The van der Waals surface area contributed by atoms with E-state index in [2.05, 4.69) is 59.0 Å². The zero-order valence-corrected chi connectivity index (χ0v) is 24.6. The van der Waals surface area contributed by atoms with Crippen LogP contribution in [0.1, 0.15) is 92.2 Å². The third kappa shape index (κ3) is 11.9. The molecule has 7 nitrogen and oxygen atoms in total. The highest BCUT2D eigenvalue weighted by molar-refractivity contribution is 5.78. The number of nitrogens with two attached hydrogens (primary N) is 2. The molecule has 212 valence electrons. The number of esters is 1. The van der Waals surface area contributed by atoms with E-state index < -0.39 is 0 Å². The van der Waals surface area contributed by atoms with Crippen molar-refractivity contribution in [3.05, 3.63) is 29.3 Å². The Bertz CT molecular complexity index is 835. The van der Waals surface area contributed by atoms with Gasteiger partial charge in [-0.2, -0.15) is 0 Å². The van der Waals surface area contributed by atoms with Crippen LogP contribution in [0.2, 0.25) is 0 Å². The summed E-state index contributed by atoms with van der Waals surface area (Å²) in [5, 5.41) is 2.99. The fourth-order valence-electron chi connectivity index (χ4n) is 4.44. The monoisotopic (exact) mass is 519 g/mol. The number of carbonyl (C=O) groups excluding carboxylic acids is 2. The van der Waals surface area contributed by atoms with E-state index in [0.717, 1.165) is 36.8 Å². The first-order valence-electron chi connectivity index (χ1n) is 14.0. The Kier molecular flexibility index (Phi) is 14.2. The first-order chi connectivity index (χ1) is 17.3. The van der Waals surface area contributed by atoms with Crippen LogP contribution in [-0.4, -0.2) is 43.7 Å². The molecule has 0 spiro atoms. The van der Waals surface area contributed by atoms with Crippen LogP contribution in [0, 0.1) is 17.8 Å². The number of benzene rings is 1. The molecule has 1 rings (SSSR count). The van der Waals surface area contributed by atoms with Crippen molar-refractivity contribution in [2.24, 2.45) is 29.2 Å². The van der Waals surface area contributed by atoms with Gasteiger partial charge in [0.15, 0.2) is 6.61 Å². The zero-order chi connectivity index (χ0) is 28.2. The summed E-state index contributed by atoms with van der Waals surface area (Å²) < 4.78 is 11.0. The fraction of sp³-hybridized carbons (Fsp3) is 0.733. The molecule has 37 heavy (non-hydrogen) atoms. The van der Waals surface area contributed by atoms with Gasteiger partial charge >= 0.3 is 5.97 Å². The molecular weight excluding hydrogens is 466 g/mol. The predicted octanol–water partition coefficient (Wildman–Crippen LogP) is 4.73. The number of unbranched alkanes of at least 4 members (excludes halogenated alkanes) is 1. The Hall–Kier alpha value is -2.12. The molecule has 0 saturated heterocycles. The summed E-state index contributed by atoms with van der Waals surface area (Å²) in [4.78, 5) is 24.3. The second-order valence-corrected chi connectivity index (χ2v) is 11.7. The number of nitrogens with one attached hydrogen (secondary N) is 1. The summed E-state index contributed by atoms with van der Waals surface area (Å²) in [6.45, 7) is 17.5. The molecule has 5 N–H and O–H groups in total. The minimum Gasteiger partial charge on any atom is -0.482 e. The maximum Gasteiger partial charge on any atom is 0.344 e. The molecule has 1 amide bonds. The van der Waals surface area contributed by atoms with Gasteiger partial charge in [0.25, 0.3) is 0 Å². The molecular formula is C30H53N3O4. The summed E-state index contributed by atoms with van der Waals surface area (Å²) in [7, 11) is 0. The standard InChI is InChI=1S/C30H53N3O4/c1-9-11-14-33-29(35)21(5)15-25(31)26(32)18-23(20(3)4)16-22-12-13-24(30(6,7)8)27(17-22)37-19-28(34)36-10-2/h12-13,17,20-21,23,25-26H,9-11,14-16,18-19,31-32H2,1-8H3,(H,33,35). The number of rotatable bonds is 16. The second kappa shape index (κ2) is 16.0. The van der Waals surface area contributed by atoms with Crippen LogP contribution in [0.3, 0.4) is 0 Å². The van der Waals surface area contributed by atoms with Gasteiger partial charge in [-0.3, -0.25) is 4.79 Å². The van der Waals surface area contributed by atoms with E-state index in [9.17, 15) is 9.59 Å². The van der Waals surface area contributed by atoms with E-state index in [4.69, 9.17) is 20.9 Å². The summed E-state index contributed by atoms with van der Waals surface area (Å²) in [5.41, 5.74) is 15.1. The number of hydrogen-bond acceptors (Lipinski definition) is 6. The molecule has 0 fully saturated rings. The third-order valence-electron chi connectivity index (χ3n) is 6.97. The van der Waals surface area contributed by atoms with Crippen LogP contribution < -0.4 is 21.5 Å². The minimum atomic E-state index is -0.374. The van der Waals surface area contributed by atoms with Gasteiger partial charge < -0.3 is 26.3 Å². The Morgan fingerprint density at radius 3 is 2.24 bits per heavy atom. The van der Waals surface area contributed by atoms with Gasteiger partial charge in [0.05, 0.1) is 6.61 Å². The highest BCUT2D eigenvalue weighted by Gasteiger charge is 2.26. The van der Waals surface area contributed by atoms with Gasteiger partial charge in [-0.05, 0) is 67.1 Å². The van der Waals surface area contributed by atoms with Crippen molar-refractivity contribution in [2.45, 2.75) is 105 Å². The largest absolute Gasteiger partial charge is 0.482 e. The normalized spacial score (nSPS) is 15.1. The molecule has 4 atom stereocenters. The van der Waals surface area contributed by atoms with Crippen molar-refractivity contribution in [1.82, 2.24) is 5.32 Å². The number of amides is 1. The summed E-state index contributed by atoms with van der Waals surface area (Å²) in [6.07, 6.45) is 4.18. The Morgan fingerprint density at radius 2 is 1.68 bits per heavy atom. The third-order valence-corrected chi connectivity index (χ3v) is 6.97. The quantitative estimate of drug-likeness (QED) is 0.215. The van der Waals surface area contributed by atoms with Gasteiger partial charge in [-0.25, -0.2) is 4.79 Å². The highest BCUT2D eigenvalue weighted by atomic mass is 16.6. The molecule has 1 aromatic carbocycles. The van der Waals surface area contributed by atoms with Crippen molar-refractivity contribution in [2.75, 3.05) is 19.8 Å². The first kappa shape index (κ1) is 32.9. The molecule has 0 radical (unpaired) electrons. The number of ether oxygens (including phenoxy) is 2. The van der Waals surface area contributed by atoms with E-state index in [1.165, 1.54) is 0 Å². The highest BCUT2D eigenvalue weighted by Crippen LogP contribution is 2.34. The summed E-state index contributed by atoms with van der Waals surface area (Å²) in [5.74, 6) is 0.933. The van der Waals surface area contributed by atoms with Crippen LogP contribution in [0.15, 0.2) is 18.2 Å².